The van der Waals surface area contributed by atoms with Gasteiger partial charge in [-0.2, -0.15) is 0 Å². The van der Waals surface area contributed by atoms with Crippen molar-refractivity contribution in [2.24, 2.45) is 11.7 Å². The molecular formula is C16H24N3NaO5S. The van der Waals surface area contributed by atoms with E-state index in [0.717, 1.165) is 0 Å². The van der Waals surface area contributed by atoms with Crippen LogP contribution in [-0.2, 0) is 14.4 Å². The van der Waals surface area contributed by atoms with Crippen molar-refractivity contribution in [3.63, 3.8) is 0 Å². The molecule has 0 aromatic heterocycles. The topological polar surface area (TPSA) is 136 Å². The van der Waals surface area contributed by atoms with E-state index in [0.29, 0.717) is 25.7 Å². The molecule has 1 saturated carbocycles. The van der Waals surface area contributed by atoms with Crippen LogP contribution in [0.2, 0.25) is 0 Å². The minimum atomic E-state index is -1.28. The van der Waals surface area contributed by atoms with Crippen LogP contribution < -0.4 is 45.7 Å². The summed E-state index contributed by atoms with van der Waals surface area (Å²) in [6.07, 6.45) is 2.28. The fourth-order valence-electron chi connectivity index (χ4n) is 4.05. The van der Waals surface area contributed by atoms with Gasteiger partial charge in [0.2, 0.25) is 11.8 Å². The van der Waals surface area contributed by atoms with E-state index in [2.05, 4.69) is 5.32 Å². The van der Waals surface area contributed by atoms with Gasteiger partial charge in [0.15, 0.2) is 0 Å². The molecule has 2 heterocycles. The van der Waals surface area contributed by atoms with Gasteiger partial charge < -0.3 is 31.0 Å². The van der Waals surface area contributed by atoms with Crippen molar-refractivity contribution in [1.82, 2.24) is 10.2 Å². The summed E-state index contributed by atoms with van der Waals surface area (Å²) >= 11 is 1.35. The predicted octanol–water partition coefficient (Wildman–Crippen LogP) is -4.83. The van der Waals surface area contributed by atoms with Gasteiger partial charge in [-0.3, -0.25) is 9.59 Å². The largest absolute Gasteiger partial charge is 1.00 e. The molecule has 0 aromatic rings. The summed E-state index contributed by atoms with van der Waals surface area (Å²) in [5.41, 5.74) is 6.05. The Morgan fingerprint density at radius 3 is 2.46 bits per heavy atom. The fourth-order valence-corrected chi connectivity index (χ4v) is 5.67. The van der Waals surface area contributed by atoms with Gasteiger partial charge in [-0.15, -0.1) is 11.8 Å². The average molecular weight is 393 g/mol. The predicted molar refractivity (Wildman–Crippen MR) is 89.0 cm³/mol. The molecule has 10 heteroatoms. The Kier molecular flexibility index (Phi) is 6.73. The number of β-lactam (4-membered cyclic amide) rings is 1. The first-order chi connectivity index (χ1) is 11.6. The summed E-state index contributed by atoms with van der Waals surface area (Å²) in [5, 5.41) is 23.2. The van der Waals surface area contributed by atoms with Crippen LogP contribution in [0.15, 0.2) is 0 Å². The molecule has 2 aliphatic heterocycles. The number of aliphatic hydroxyl groups excluding tert-OH is 1. The van der Waals surface area contributed by atoms with Crippen LogP contribution in [0.25, 0.3) is 0 Å². The standard InChI is InChI=1S/C16H25N3O5S.Na/c1-16(2)11(15(23)24)19-13(22)10(14(19)25-16)18-12(21)9(17)7-3-5-8(20)6-4-7;/h7-11,14,20H,3-6,17H2,1-2H3,(H,18,21)(H,23,24);/q;+1/p-1. The number of carbonyl (C=O) groups is 3. The monoisotopic (exact) mass is 393 g/mol. The number of nitrogens with two attached hydrogens (primary N) is 1. The van der Waals surface area contributed by atoms with Gasteiger partial charge in [-0.25, -0.2) is 0 Å². The Bertz CT molecular complexity index is 596. The van der Waals surface area contributed by atoms with E-state index in [4.69, 9.17) is 5.73 Å². The molecular weight excluding hydrogens is 369 g/mol. The van der Waals surface area contributed by atoms with E-state index in [-0.39, 0.29) is 41.6 Å². The van der Waals surface area contributed by atoms with Gasteiger partial charge in [0.1, 0.15) is 11.4 Å². The zero-order chi connectivity index (χ0) is 18.5. The molecule has 2 amide bonds. The maximum Gasteiger partial charge on any atom is 1.00 e. The van der Waals surface area contributed by atoms with Crippen molar-refractivity contribution in [3.8, 4) is 0 Å². The zero-order valence-electron chi connectivity index (χ0n) is 15.3. The first-order valence-electron chi connectivity index (χ1n) is 8.58. The zero-order valence-corrected chi connectivity index (χ0v) is 18.1. The molecule has 8 nitrogen and oxygen atoms in total. The molecule has 0 aromatic carbocycles. The average Bonchev–Trinajstić information content (AvgIpc) is 2.80. The number of hydrogen-bond acceptors (Lipinski definition) is 7. The van der Waals surface area contributed by atoms with Crippen LogP contribution in [0.1, 0.15) is 39.5 Å². The van der Waals surface area contributed by atoms with Gasteiger partial charge in [-0.05, 0) is 45.4 Å². The number of rotatable bonds is 4. The number of carboxylic acids is 1. The molecule has 3 aliphatic rings. The molecule has 4 unspecified atom stereocenters. The number of aliphatic hydroxyl groups is 1. The number of hydrogen-bond donors (Lipinski definition) is 3. The van der Waals surface area contributed by atoms with E-state index in [1.54, 1.807) is 13.8 Å². The minimum Gasteiger partial charge on any atom is -0.548 e. The summed E-state index contributed by atoms with van der Waals surface area (Å²) in [4.78, 5) is 37.4. The summed E-state index contributed by atoms with van der Waals surface area (Å²) in [6, 6.07) is -2.48. The Hall–Kier alpha value is -0.320. The number of thioether (sulfide) groups is 1. The third-order valence-corrected chi connectivity index (χ3v) is 7.09. The molecule has 4 N–H and O–H groups in total. The van der Waals surface area contributed by atoms with Gasteiger partial charge >= 0.3 is 29.6 Å². The van der Waals surface area contributed by atoms with Gasteiger partial charge in [-0.1, -0.05) is 0 Å². The number of amides is 2. The number of aliphatic carboxylic acids is 1. The Labute approximate surface area is 178 Å². The van der Waals surface area contributed by atoms with Crippen molar-refractivity contribution >= 4 is 29.5 Å². The van der Waals surface area contributed by atoms with Gasteiger partial charge in [0, 0.05) is 4.75 Å². The smallest absolute Gasteiger partial charge is 0.548 e. The second-order valence-electron chi connectivity index (χ2n) is 7.66. The molecule has 0 bridgehead atoms. The van der Waals surface area contributed by atoms with E-state index in [1.165, 1.54) is 16.7 Å². The SMILES string of the molecule is CC1(C)SC2C(NC(=O)C(N)C3CCC(O)CC3)C(=O)N2C1C(=O)[O-].[Na+]. The maximum atomic E-state index is 12.4. The van der Waals surface area contributed by atoms with Crippen LogP contribution in [0.5, 0.6) is 0 Å². The van der Waals surface area contributed by atoms with Crippen molar-refractivity contribution in [2.75, 3.05) is 0 Å². The number of fused-ring (bicyclic) bond motifs is 1. The number of nitrogens with zero attached hydrogens (tertiary/aromatic N) is 1. The maximum absolute atomic E-state index is 12.4. The first kappa shape index (κ1) is 22.0. The fraction of sp³-hybridized carbons (Fsp3) is 0.812. The van der Waals surface area contributed by atoms with E-state index < -0.39 is 46.0 Å². The molecule has 3 rings (SSSR count). The molecule has 2 saturated heterocycles. The molecule has 26 heavy (non-hydrogen) atoms. The van der Waals surface area contributed by atoms with Gasteiger partial charge in [0.25, 0.3) is 0 Å². The number of carboxylic acid groups (broad SMARTS) is 1. The quantitative estimate of drug-likeness (QED) is 0.322. The van der Waals surface area contributed by atoms with Crippen molar-refractivity contribution < 1.29 is 54.2 Å². The van der Waals surface area contributed by atoms with E-state index >= 15 is 0 Å². The summed E-state index contributed by atoms with van der Waals surface area (Å²) in [7, 11) is 0. The third-order valence-electron chi connectivity index (χ3n) is 5.51. The van der Waals surface area contributed by atoms with Gasteiger partial charge in [0.05, 0.1) is 24.2 Å². The molecule has 4 atom stereocenters. The molecule has 0 radical (unpaired) electrons. The van der Waals surface area contributed by atoms with Crippen molar-refractivity contribution in [3.05, 3.63) is 0 Å². The summed E-state index contributed by atoms with van der Waals surface area (Å²) in [6.45, 7) is 3.50. The van der Waals surface area contributed by atoms with E-state index in [9.17, 15) is 24.6 Å². The third kappa shape index (κ3) is 3.79. The number of nitrogens with one attached hydrogen (secondary N) is 1. The normalized spacial score (nSPS) is 36.4. The summed E-state index contributed by atoms with van der Waals surface area (Å²) < 4.78 is -0.680. The molecule has 1 aliphatic carbocycles. The second-order valence-corrected chi connectivity index (χ2v) is 9.43. The van der Waals surface area contributed by atoms with Crippen molar-refractivity contribution in [1.29, 1.82) is 0 Å². The van der Waals surface area contributed by atoms with Crippen LogP contribution in [0.4, 0.5) is 0 Å². The second kappa shape index (κ2) is 7.97. The minimum absolute atomic E-state index is 0. The van der Waals surface area contributed by atoms with Crippen LogP contribution >= 0.6 is 11.8 Å². The Morgan fingerprint density at radius 1 is 1.35 bits per heavy atom. The summed E-state index contributed by atoms with van der Waals surface area (Å²) in [5.74, 6) is -2.10. The Balaban J connectivity index is 0.00000243. The van der Waals surface area contributed by atoms with E-state index in [1.807, 2.05) is 0 Å². The molecule has 140 valence electrons. The Morgan fingerprint density at radius 2 is 1.92 bits per heavy atom. The molecule has 3 fully saturated rings. The van der Waals surface area contributed by atoms with Crippen molar-refractivity contribution in [2.45, 2.75) is 73.9 Å². The first-order valence-corrected chi connectivity index (χ1v) is 9.46. The van der Waals surface area contributed by atoms with Crippen LogP contribution in [0.3, 0.4) is 0 Å². The van der Waals surface area contributed by atoms with Crippen LogP contribution in [-0.4, -0.2) is 62.1 Å². The molecule has 0 spiro atoms. The van der Waals surface area contributed by atoms with Crippen LogP contribution in [0, 0.1) is 5.92 Å². The number of carbonyl (C=O) groups excluding carboxylic acids is 3.